The highest BCUT2D eigenvalue weighted by atomic mass is 16.5. The second kappa shape index (κ2) is 2.82. The molecule has 0 aromatic rings. The average molecular weight is 113 g/mol. The Kier molecular flexibility index (Phi) is 2.03. The molecule has 0 aromatic carbocycles. The number of hydrogen-bond acceptors (Lipinski definition) is 2. The maximum atomic E-state index is 5.14. The predicted molar refractivity (Wildman–Crippen MR) is 33.4 cm³/mol. The minimum atomic E-state index is 0.378. The van der Waals surface area contributed by atoms with Crippen molar-refractivity contribution in [3.8, 4) is 0 Å². The topological polar surface area (TPSA) is 21.6 Å². The number of nitrogens with zero attached hydrogens (tertiary/aromatic N) is 1. The number of aliphatic imine (C=N–C) groups is 1. The molecule has 2 heteroatoms. The summed E-state index contributed by atoms with van der Waals surface area (Å²) in [4.78, 5) is 3.87. The second-order valence-electron chi connectivity index (χ2n) is 2.05. The first-order chi connectivity index (χ1) is 3.93. The Labute approximate surface area is 49.6 Å². The van der Waals surface area contributed by atoms with Crippen LogP contribution < -0.4 is 0 Å². The van der Waals surface area contributed by atoms with Gasteiger partial charge in [0.15, 0.2) is 0 Å². The van der Waals surface area contributed by atoms with E-state index in [-0.39, 0.29) is 0 Å². The van der Waals surface area contributed by atoms with Gasteiger partial charge >= 0.3 is 0 Å². The number of ether oxygens (including phenoxy) is 1. The summed E-state index contributed by atoms with van der Waals surface area (Å²) in [5, 5.41) is 0. The van der Waals surface area contributed by atoms with Crippen LogP contribution in [0.2, 0.25) is 0 Å². The standard InChI is InChI=1S/C6H11NO/c1-7-6-3-2-4-8-5-6/h6H,1-5H2. The minimum Gasteiger partial charge on any atom is -0.379 e. The second-order valence-corrected chi connectivity index (χ2v) is 2.05. The van der Waals surface area contributed by atoms with E-state index in [0.29, 0.717) is 6.04 Å². The molecule has 0 bridgehead atoms. The van der Waals surface area contributed by atoms with Crippen LogP contribution in [-0.4, -0.2) is 26.0 Å². The van der Waals surface area contributed by atoms with Gasteiger partial charge in [0, 0.05) is 6.61 Å². The molecule has 0 radical (unpaired) electrons. The molecular formula is C6H11NO. The van der Waals surface area contributed by atoms with E-state index in [1.165, 1.54) is 0 Å². The van der Waals surface area contributed by atoms with E-state index in [1.807, 2.05) is 0 Å². The lowest BCUT2D eigenvalue weighted by Gasteiger charge is -2.17. The molecule has 1 aliphatic rings. The van der Waals surface area contributed by atoms with Crippen LogP contribution in [0.25, 0.3) is 0 Å². The molecular weight excluding hydrogens is 102 g/mol. The summed E-state index contributed by atoms with van der Waals surface area (Å²) < 4.78 is 5.14. The van der Waals surface area contributed by atoms with Gasteiger partial charge in [-0.3, -0.25) is 4.99 Å². The van der Waals surface area contributed by atoms with Crippen LogP contribution >= 0.6 is 0 Å². The third-order valence-electron chi connectivity index (χ3n) is 1.39. The van der Waals surface area contributed by atoms with Crippen molar-refractivity contribution in [3.05, 3.63) is 0 Å². The monoisotopic (exact) mass is 113 g/mol. The molecule has 0 aliphatic carbocycles. The van der Waals surface area contributed by atoms with E-state index in [1.54, 1.807) is 0 Å². The molecule has 2 nitrogen and oxygen atoms in total. The minimum absolute atomic E-state index is 0.378. The molecule has 46 valence electrons. The van der Waals surface area contributed by atoms with Crippen molar-refractivity contribution >= 4 is 6.72 Å². The Morgan fingerprint density at radius 3 is 2.88 bits per heavy atom. The maximum Gasteiger partial charge on any atom is 0.0726 e. The van der Waals surface area contributed by atoms with Crippen molar-refractivity contribution in [2.24, 2.45) is 4.99 Å². The molecule has 0 amide bonds. The first-order valence-corrected chi connectivity index (χ1v) is 2.97. The van der Waals surface area contributed by atoms with Crippen LogP contribution in [0.4, 0.5) is 0 Å². The largest absolute Gasteiger partial charge is 0.379 e. The molecule has 0 spiro atoms. The highest BCUT2D eigenvalue weighted by Gasteiger charge is 2.09. The van der Waals surface area contributed by atoms with E-state index in [4.69, 9.17) is 4.74 Å². The van der Waals surface area contributed by atoms with E-state index in [9.17, 15) is 0 Å². The SMILES string of the molecule is C=NC1CCCOC1. The molecule has 0 N–H and O–H groups in total. The molecule has 8 heavy (non-hydrogen) atoms. The van der Waals surface area contributed by atoms with Crippen molar-refractivity contribution < 1.29 is 4.74 Å². The molecule has 1 unspecified atom stereocenters. The summed E-state index contributed by atoms with van der Waals surface area (Å²) in [7, 11) is 0. The zero-order valence-electron chi connectivity index (χ0n) is 4.97. The Morgan fingerprint density at radius 1 is 1.62 bits per heavy atom. The molecule has 1 fully saturated rings. The van der Waals surface area contributed by atoms with Gasteiger partial charge in [-0.2, -0.15) is 0 Å². The first-order valence-electron chi connectivity index (χ1n) is 2.97. The highest BCUT2D eigenvalue weighted by Crippen LogP contribution is 2.07. The van der Waals surface area contributed by atoms with Gasteiger partial charge < -0.3 is 4.74 Å². The van der Waals surface area contributed by atoms with Gasteiger partial charge in [0.2, 0.25) is 0 Å². The summed E-state index contributed by atoms with van der Waals surface area (Å²) in [6, 6.07) is 0.378. The summed E-state index contributed by atoms with van der Waals surface area (Å²) in [6.45, 7) is 5.14. The van der Waals surface area contributed by atoms with Gasteiger partial charge in [-0.05, 0) is 19.6 Å². The van der Waals surface area contributed by atoms with Gasteiger partial charge in [0.25, 0.3) is 0 Å². The van der Waals surface area contributed by atoms with Crippen molar-refractivity contribution in [3.63, 3.8) is 0 Å². The number of rotatable bonds is 1. The zero-order chi connectivity index (χ0) is 5.82. The van der Waals surface area contributed by atoms with Crippen LogP contribution in [0.15, 0.2) is 4.99 Å². The summed E-state index contributed by atoms with van der Waals surface area (Å²) in [5.74, 6) is 0. The van der Waals surface area contributed by atoms with Crippen molar-refractivity contribution in [2.75, 3.05) is 13.2 Å². The maximum absolute atomic E-state index is 5.14. The van der Waals surface area contributed by atoms with Crippen LogP contribution in [0, 0.1) is 0 Å². The van der Waals surface area contributed by atoms with Gasteiger partial charge in [0.05, 0.1) is 12.6 Å². The molecule has 1 heterocycles. The third kappa shape index (κ3) is 1.30. The first kappa shape index (κ1) is 5.76. The average Bonchev–Trinajstić information content (AvgIpc) is 1.90. The van der Waals surface area contributed by atoms with Crippen LogP contribution in [0.3, 0.4) is 0 Å². The van der Waals surface area contributed by atoms with E-state index in [0.717, 1.165) is 26.1 Å². The zero-order valence-corrected chi connectivity index (χ0v) is 4.97. The fourth-order valence-electron chi connectivity index (χ4n) is 0.868. The van der Waals surface area contributed by atoms with Gasteiger partial charge in [-0.15, -0.1) is 0 Å². The van der Waals surface area contributed by atoms with E-state index < -0.39 is 0 Å². The molecule has 0 aromatic heterocycles. The fourth-order valence-corrected chi connectivity index (χ4v) is 0.868. The highest BCUT2D eigenvalue weighted by molar-refractivity contribution is 5.24. The van der Waals surface area contributed by atoms with Gasteiger partial charge in [-0.25, -0.2) is 0 Å². The Bertz CT molecular complexity index is 76.6. The quantitative estimate of drug-likeness (QED) is 0.462. The summed E-state index contributed by atoms with van der Waals surface area (Å²) >= 11 is 0. The van der Waals surface area contributed by atoms with Crippen molar-refractivity contribution in [1.82, 2.24) is 0 Å². The normalized spacial score (nSPS) is 29.8. The van der Waals surface area contributed by atoms with Gasteiger partial charge in [0.1, 0.15) is 0 Å². The third-order valence-corrected chi connectivity index (χ3v) is 1.39. The van der Waals surface area contributed by atoms with Crippen LogP contribution in [0.5, 0.6) is 0 Å². The Hall–Kier alpha value is -0.370. The molecule has 1 aliphatic heterocycles. The summed E-state index contributed by atoms with van der Waals surface area (Å²) in [6.07, 6.45) is 2.30. The fraction of sp³-hybridized carbons (Fsp3) is 0.833. The number of hydrogen-bond donors (Lipinski definition) is 0. The Morgan fingerprint density at radius 2 is 2.50 bits per heavy atom. The lowest BCUT2D eigenvalue weighted by atomic mass is 10.1. The van der Waals surface area contributed by atoms with E-state index >= 15 is 0 Å². The molecule has 0 saturated carbocycles. The van der Waals surface area contributed by atoms with Crippen molar-refractivity contribution in [1.29, 1.82) is 0 Å². The lowest BCUT2D eigenvalue weighted by Crippen LogP contribution is -2.19. The van der Waals surface area contributed by atoms with Crippen molar-refractivity contribution in [2.45, 2.75) is 18.9 Å². The van der Waals surface area contributed by atoms with Crippen LogP contribution in [0.1, 0.15) is 12.8 Å². The van der Waals surface area contributed by atoms with E-state index in [2.05, 4.69) is 11.7 Å². The van der Waals surface area contributed by atoms with Crippen LogP contribution in [-0.2, 0) is 4.74 Å². The lowest BCUT2D eigenvalue weighted by molar-refractivity contribution is 0.0831. The predicted octanol–water partition coefficient (Wildman–Crippen LogP) is 0.866. The molecule has 1 rings (SSSR count). The molecule has 1 saturated heterocycles. The summed E-state index contributed by atoms with van der Waals surface area (Å²) in [5.41, 5.74) is 0. The van der Waals surface area contributed by atoms with Gasteiger partial charge in [-0.1, -0.05) is 0 Å². The Balaban J connectivity index is 2.22. The smallest absolute Gasteiger partial charge is 0.0726 e. The molecule has 1 atom stereocenters.